The van der Waals surface area contributed by atoms with Gasteiger partial charge < -0.3 is 79.2 Å². The maximum atomic E-state index is 13.8. The van der Waals surface area contributed by atoms with Crippen molar-refractivity contribution in [1.82, 2.24) is 0 Å². The van der Waals surface area contributed by atoms with Crippen LogP contribution in [0.15, 0.2) is 76.0 Å². The van der Waals surface area contributed by atoms with Gasteiger partial charge in [0.25, 0.3) is 0 Å². The second kappa shape index (κ2) is 16.0. The van der Waals surface area contributed by atoms with Gasteiger partial charge >= 0.3 is 5.97 Å². The molecule has 0 amide bonds. The molecule has 6 rings (SSSR count). The van der Waals surface area contributed by atoms with E-state index >= 15 is 0 Å². The van der Waals surface area contributed by atoms with Crippen molar-refractivity contribution in [3.8, 4) is 40.1 Å². The Morgan fingerprint density at radius 1 is 0.741 bits per heavy atom. The monoisotopic (exact) mass is 756 g/mol. The zero-order chi connectivity index (χ0) is 38.8. The molecule has 288 valence electrons. The fraction of sp³-hybridized carbons (Fsp3) is 0.333. The molecule has 2 aliphatic heterocycles. The van der Waals surface area contributed by atoms with Crippen LogP contribution in [0.4, 0.5) is 0 Å². The number of carbonyl (C=O) groups is 1. The number of carbonyl (C=O) groups excluding carboxylic acids is 1. The zero-order valence-corrected chi connectivity index (χ0v) is 27.9. The summed E-state index contributed by atoms with van der Waals surface area (Å²) < 4.78 is 33.7. The lowest BCUT2D eigenvalue weighted by molar-refractivity contribution is -0.353. The van der Waals surface area contributed by atoms with Crippen LogP contribution in [0.1, 0.15) is 5.56 Å². The summed E-state index contributed by atoms with van der Waals surface area (Å²) >= 11 is 0. The van der Waals surface area contributed by atoms with Gasteiger partial charge in [0, 0.05) is 23.8 Å². The predicted molar refractivity (Wildman–Crippen MR) is 181 cm³/mol. The molecule has 4 aromatic rings. The van der Waals surface area contributed by atoms with Crippen LogP contribution in [0, 0.1) is 0 Å². The van der Waals surface area contributed by atoms with E-state index in [4.69, 9.17) is 28.1 Å². The highest BCUT2D eigenvalue weighted by Crippen LogP contribution is 2.38. The summed E-state index contributed by atoms with van der Waals surface area (Å²) in [4.78, 5) is 26.2. The van der Waals surface area contributed by atoms with E-state index in [2.05, 4.69) is 0 Å². The topological polar surface area (TPSA) is 296 Å². The van der Waals surface area contributed by atoms with Gasteiger partial charge in [0.05, 0.1) is 6.61 Å². The molecule has 10 N–H and O–H groups in total. The van der Waals surface area contributed by atoms with Crippen molar-refractivity contribution in [3.05, 3.63) is 82.5 Å². The number of phenols is 4. The third-order valence-electron chi connectivity index (χ3n) is 8.76. The van der Waals surface area contributed by atoms with Crippen LogP contribution in [-0.4, -0.2) is 132 Å². The Morgan fingerprint density at radius 2 is 1.39 bits per heavy atom. The molecule has 54 heavy (non-hydrogen) atoms. The lowest BCUT2D eigenvalue weighted by Gasteiger charge is -2.45. The summed E-state index contributed by atoms with van der Waals surface area (Å²) in [5, 5.41) is 104. The summed E-state index contributed by atoms with van der Waals surface area (Å²) in [7, 11) is 0. The van der Waals surface area contributed by atoms with Crippen molar-refractivity contribution in [3.63, 3.8) is 0 Å². The van der Waals surface area contributed by atoms with Gasteiger partial charge in [-0.15, -0.1) is 0 Å². The number of aliphatic hydroxyl groups is 6. The SMILES string of the molecule is O=C(C=Cc1ccc(O)cc1)OCC1OC(OC2C(O)C(CO)OC(Oc3c(-c4ccc(O)cc4)oc4cc(O)cc(O)c4c3=O)C2O)C(O)C(O)C1O. The van der Waals surface area contributed by atoms with Crippen LogP contribution in [0.3, 0.4) is 0 Å². The number of benzene rings is 3. The average molecular weight is 757 g/mol. The average Bonchev–Trinajstić information content (AvgIpc) is 3.14. The van der Waals surface area contributed by atoms with Gasteiger partial charge in [0.2, 0.25) is 17.5 Å². The largest absolute Gasteiger partial charge is 0.508 e. The first-order valence-corrected chi connectivity index (χ1v) is 16.4. The summed E-state index contributed by atoms with van der Waals surface area (Å²) in [5.74, 6) is -3.09. The molecule has 0 aliphatic carbocycles. The maximum absolute atomic E-state index is 13.8. The lowest BCUT2D eigenvalue weighted by Crippen LogP contribution is -2.65. The highest BCUT2D eigenvalue weighted by molar-refractivity contribution is 5.88. The van der Waals surface area contributed by atoms with Gasteiger partial charge in [0.15, 0.2) is 12.1 Å². The molecule has 3 heterocycles. The molecule has 0 bridgehead atoms. The molecule has 2 fully saturated rings. The number of hydrogen-bond acceptors (Lipinski definition) is 18. The van der Waals surface area contributed by atoms with Crippen molar-refractivity contribution in [2.45, 2.75) is 61.4 Å². The van der Waals surface area contributed by atoms with E-state index in [1.54, 1.807) is 0 Å². The van der Waals surface area contributed by atoms with Gasteiger partial charge in [-0.2, -0.15) is 0 Å². The van der Waals surface area contributed by atoms with E-state index in [-0.39, 0.29) is 28.4 Å². The molecule has 2 saturated heterocycles. The summed E-state index contributed by atoms with van der Waals surface area (Å²) in [5.41, 5.74) is -0.564. The predicted octanol–water partition coefficient (Wildman–Crippen LogP) is -0.450. The summed E-state index contributed by atoms with van der Waals surface area (Å²) in [6, 6.07) is 13.0. The van der Waals surface area contributed by atoms with Gasteiger partial charge in [-0.3, -0.25) is 4.79 Å². The highest BCUT2D eigenvalue weighted by Gasteiger charge is 2.52. The Balaban J connectivity index is 1.24. The van der Waals surface area contributed by atoms with Crippen molar-refractivity contribution in [2.24, 2.45) is 0 Å². The van der Waals surface area contributed by atoms with Gasteiger partial charge in [-0.25, -0.2) is 4.79 Å². The van der Waals surface area contributed by atoms with E-state index in [9.17, 15) is 60.7 Å². The Labute approximate surface area is 304 Å². The standard InChI is InChI=1S/C36H36O18/c37-13-22-27(44)33(53-35-30(47)29(46)26(43)23(52-35)14-49-24(42)10-3-15-1-6-17(38)7-2-15)31(48)36(51-22)54-34-28(45)25-20(41)11-19(40)12-21(25)50-32(34)16-4-8-18(39)9-5-16/h1-12,22-23,26-27,29-31,33,35-41,43-44,46-48H,13-14H2. The fourth-order valence-corrected chi connectivity index (χ4v) is 5.89. The molecule has 0 radical (unpaired) electrons. The number of esters is 1. The van der Waals surface area contributed by atoms with E-state index in [0.717, 1.165) is 18.2 Å². The molecule has 10 unspecified atom stereocenters. The number of aromatic hydroxyl groups is 4. The minimum atomic E-state index is -2.06. The van der Waals surface area contributed by atoms with Gasteiger partial charge in [-0.05, 0) is 48.0 Å². The number of ether oxygens (including phenoxy) is 5. The third kappa shape index (κ3) is 7.97. The second-order valence-corrected chi connectivity index (χ2v) is 12.5. The molecular weight excluding hydrogens is 720 g/mol. The first-order valence-electron chi connectivity index (χ1n) is 16.4. The molecular formula is C36H36O18. The number of fused-ring (bicyclic) bond motifs is 1. The van der Waals surface area contributed by atoms with E-state index in [1.807, 2.05) is 0 Å². The minimum Gasteiger partial charge on any atom is -0.508 e. The number of rotatable bonds is 10. The van der Waals surface area contributed by atoms with Crippen LogP contribution in [0.2, 0.25) is 0 Å². The molecule has 0 saturated carbocycles. The lowest BCUT2D eigenvalue weighted by atomic mass is 9.97. The first-order chi connectivity index (χ1) is 25.7. The minimum absolute atomic E-state index is 0.0207. The van der Waals surface area contributed by atoms with Crippen LogP contribution < -0.4 is 10.2 Å². The molecule has 1 aromatic heterocycles. The number of aliphatic hydroxyl groups excluding tert-OH is 6. The normalized spacial score (nSPS) is 28.6. The number of hydrogen-bond donors (Lipinski definition) is 10. The molecule has 0 spiro atoms. The molecule has 3 aromatic carbocycles. The molecule has 10 atom stereocenters. The zero-order valence-electron chi connectivity index (χ0n) is 27.9. The Kier molecular flexibility index (Phi) is 11.4. The quantitative estimate of drug-likeness (QED) is 0.0724. The smallest absolute Gasteiger partial charge is 0.330 e. The first kappa shape index (κ1) is 38.4. The fourth-order valence-electron chi connectivity index (χ4n) is 5.89. The van der Waals surface area contributed by atoms with Crippen LogP contribution in [0.5, 0.6) is 28.7 Å². The van der Waals surface area contributed by atoms with E-state index in [1.165, 1.54) is 54.6 Å². The van der Waals surface area contributed by atoms with Crippen LogP contribution in [-0.2, 0) is 23.7 Å². The van der Waals surface area contributed by atoms with Gasteiger partial charge in [-0.1, -0.05) is 12.1 Å². The Hall–Kier alpha value is -5.28. The Morgan fingerprint density at radius 3 is 2.06 bits per heavy atom. The maximum Gasteiger partial charge on any atom is 0.330 e. The van der Waals surface area contributed by atoms with Crippen molar-refractivity contribution >= 4 is 23.0 Å². The Bertz CT molecular complexity index is 2030. The van der Waals surface area contributed by atoms with E-state index in [0.29, 0.717) is 5.56 Å². The molecule has 2 aliphatic rings. The second-order valence-electron chi connectivity index (χ2n) is 12.5. The molecule has 18 nitrogen and oxygen atoms in total. The highest BCUT2D eigenvalue weighted by atomic mass is 16.7. The molecule has 18 heteroatoms. The third-order valence-corrected chi connectivity index (χ3v) is 8.76. The summed E-state index contributed by atoms with van der Waals surface area (Å²) in [6.45, 7) is -1.55. The van der Waals surface area contributed by atoms with E-state index < -0.39 is 109 Å². The van der Waals surface area contributed by atoms with Crippen molar-refractivity contribution in [1.29, 1.82) is 0 Å². The van der Waals surface area contributed by atoms with Crippen molar-refractivity contribution in [2.75, 3.05) is 13.2 Å². The van der Waals surface area contributed by atoms with Crippen molar-refractivity contribution < 1.29 is 84.0 Å². The van der Waals surface area contributed by atoms with Crippen LogP contribution in [0.25, 0.3) is 28.4 Å². The van der Waals surface area contributed by atoms with Crippen LogP contribution >= 0.6 is 0 Å². The van der Waals surface area contributed by atoms with Gasteiger partial charge in [0.1, 0.15) is 89.4 Å². The number of phenolic OH excluding ortho intramolecular Hbond substituents is 4. The summed E-state index contributed by atoms with van der Waals surface area (Å²) in [6.07, 6.45) is -16.0.